The number of nitrogens with two attached hydrogens (primary N) is 7. The van der Waals surface area contributed by atoms with Gasteiger partial charge in [-0.3, -0.25) is 57.9 Å². The fraction of sp³-hybridized carbons (Fsp3) is 0.444. The van der Waals surface area contributed by atoms with Crippen LogP contribution in [0.2, 0.25) is 0 Å². The molecule has 1 aliphatic rings. The highest BCUT2D eigenvalue weighted by atomic mass is 16.5. The molecule has 82 heavy (non-hydrogen) atoms. The van der Waals surface area contributed by atoms with E-state index in [0.29, 0.717) is 23.3 Å². The third-order valence-corrected chi connectivity index (χ3v) is 13.1. The number of guanidine groups is 2. The zero-order valence-electron chi connectivity index (χ0n) is 45.7. The number of rotatable bonds is 34. The molecule has 10 amide bonds. The van der Waals surface area contributed by atoms with Crippen molar-refractivity contribution in [3.05, 3.63) is 95.6 Å². The van der Waals surface area contributed by atoms with Gasteiger partial charge in [0.2, 0.25) is 59.1 Å². The van der Waals surface area contributed by atoms with E-state index in [0.717, 1.165) is 5.56 Å². The lowest BCUT2D eigenvalue weighted by Crippen LogP contribution is -2.60. The predicted octanol–water partition coefficient (Wildman–Crippen LogP) is -3.55. The van der Waals surface area contributed by atoms with Gasteiger partial charge in [-0.05, 0) is 92.3 Å². The minimum Gasteiger partial charge on any atom is -0.508 e. The molecule has 1 fully saturated rings. The maximum Gasteiger partial charge on any atom is 0.245 e. The van der Waals surface area contributed by atoms with E-state index in [1.54, 1.807) is 66.7 Å². The number of aryl methyl sites for hydroxylation is 1. The van der Waals surface area contributed by atoms with Gasteiger partial charge in [0.25, 0.3) is 0 Å². The molecule has 21 N–H and O–H groups in total. The third kappa shape index (κ3) is 22.7. The molecule has 0 unspecified atom stereocenters. The van der Waals surface area contributed by atoms with E-state index < -0.39 is 121 Å². The van der Waals surface area contributed by atoms with Gasteiger partial charge in [-0.1, -0.05) is 54.6 Å². The maximum atomic E-state index is 14.5. The van der Waals surface area contributed by atoms with E-state index in [9.17, 15) is 53.1 Å². The fourth-order valence-electron chi connectivity index (χ4n) is 8.83. The van der Waals surface area contributed by atoms with E-state index in [1.165, 1.54) is 24.1 Å². The summed E-state index contributed by atoms with van der Waals surface area (Å²) in [4.78, 5) is 145. The SMILES string of the molecule is COc1ccc(C[C@@H](NC(=O)CCc2ccc(O)cc2)C(=O)N[C@@H](Cc2ccccc2)C(=O)N[C@@H](CCC(N)=O)C(=O)N[C@@H](CC(N)=O)C(=O)N[C@@H](CCCN=C(N)N)C(=O)N2CCC[C@H]2C(=O)N[C@@H](CCCN=C(N)N)C(N)=O)cc1. The molecule has 28 heteroatoms. The summed E-state index contributed by atoms with van der Waals surface area (Å²) in [6, 6.07) is 11.7. The topological polar surface area (TPSA) is 482 Å². The van der Waals surface area contributed by atoms with Crippen molar-refractivity contribution in [3.63, 3.8) is 0 Å². The third-order valence-electron chi connectivity index (χ3n) is 13.1. The van der Waals surface area contributed by atoms with Crippen LogP contribution in [0.1, 0.15) is 80.9 Å². The zero-order chi connectivity index (χ0) is 60.3. The number of phenolic OH excluding ortho intramolecular Hbond substituents is 1. The highest BCUT2D eigenvalue weighted by Crippen LogP contribution is 2.21. The summed E-state index contributed by atoms with van der Waals surface area (Å²) in [7, 11) is 1.49. The predicted molar refractivity (Wildman–Crippen MR) is 301 cm³/mol. The Morgan fingerprint density at radius 2 is 1.09 bits per heavy atom. The van der Waals surface area contributed by atoms with Gasteiger partial charge in [0.15, 0.2) is 11.9 Å². The van der Waals surface area contributed by atoms with Crippen LogP contribution in [-0.2, 0) is 67.2 Å². The number of nitrogens with zero attached hydrogens (tertiary/aromatic N) is 3. The Morgan fingerprint density at radius 3 is 1.65 bits per heavy atom. The average molecular weight is 1140 g/mol. The Morgan fingerprint density at radius 1 is 0.573 bits per heavy atom. The molecule has 1 saturated heterocycles. The number of amides is 10. The molecule has 1 aliphatic heterocycles. The molecule has 1 heterocycles. The lowest BCUT2D eigenvalue weighted by molar-refractivity contribution is -0.142. The summed E-state index contributed by atoms with van der Waals surface area (Å²) in [5, 5.41) is 25.3. The fourth-order valence-corrected chi connectivity index (χ4v) is 8.83. The summed E-state index contributed by atoms with van der Waals surface area (Å²) < 4.78 is 5.28. The van der Waals surface area contributed by atoms with Gasteiger partial charge >= 0.3 is 0 Å². The van der Waals surface area contributed by atoms with Crippen molar-refractivity contribution in [2.24, 2.45) is 50.1 Å². The number of benzene rings is 3. The second-order valence-electron chi connectivity index (χ2n) is 19.5. The number of phenols is 1. The van der Waals surface area contributed by atoms with Gasteiger partial charge in [-0.25, -0.2) is 0 Å². The van der Waals surface area contributed by atoms with Crippen LogP contribution in [0.4, 0.5) is 0 Å². The molecular weight excluding hydrogens is 1060 g/mol. The standard InChI is InChI=1S/C54H76N16O12/c1-82-35-20-15-33(16-21-35)29-39(64-45(74)24-17-31-13-18-34(71)19-14-31)48(77)68-40(28-32-8-3-2-4-9-32)49(78)66-37(22-23-43(55)72)47(76)69-41(30-44(56)73)50(79)67-38(11-6-26-63-54(60)61)52(81)70-27-7-12-42(70)51(80)65-36(46(57)75)10-5-25-62-53(58)59/h2-4,8-9,13-16,18-21,36-42,71H,5-7,10-12,17,22-30H2,1H3,(H2,55,72)(H2,56,73)(H2,57,75)(H,64,74)(H,65,80)(H,66,78)(H,67,79)(H,68,77)(H,69,76)(H4,58,59,62)(H4,60,61,63)/t36-,37-,38-,39+,40-,41-,42-/m0/s1. The molecule has 4 rings (SSSR count). The van der Waals surface area contributed by atoms with Crippen LogP contribution in [0, 0.1) is 0 Å². The van der Waals surface area contributed by atoms with Gasteiger partial charge in [0.05, 0.1) is 13.5 Å². The van der Waals surface area contributed by atoms with Gasteiger partial charge in [0.1, 0.15) is 53.8 Å². The maximum absolute atomic E-state index is 14.5. The van der Waals surface area contributed by atoms with Crippen LogP contribution in [0.5, 0.6) is 11.5 Å². The first-order valence-electron chi connectivity index (χ1n) is 26.6. The van der Waals surface area contributed by atoms with Gasteiger partial charge in [0, 0.05) is 45.3 Å². The molecule has 0 saturated carbocycles. The van der Waals surface area contributed by atoms with Crippen molar-refractivity contribution >= 4 is 71.0 Å². The van der Waals surface area contributed by atoms with E-state index in [-0.39, 0.29) is 95.1 Å². The summed E-state index contributed by atoms with van der Waals surface area (Å²) in [6.07, 6.45) is -0.880. The molecule has 0 spiro atoms. The number of carbonyl (C=O) groups is 10. The number of methoxy groups -OCH3 is 1. The number of primary amides is 3. The molecule has 28 nitrogen and oxygen atoms in total. The first kappa shape index (κ1) is 65.0. The molecule has 0 bridgehead atoms. The molecule has 0 radical (unpaired) electrons. The van der Waals surface area contributed by atoms with Crippen LogP contribution in [0.3, 0.4) is 0 Å². The molecular formula is C54H76N16O12. The zero-order valence-corrected chi connectivity index (χ0v) is 45.7. The van der Waals surface area contributed by atoms with Gasteiger partial charge < -0.3 is 86.8 Å². The normalized spacial score (nSPS) is 14.8. The van der Waals surface area contributed by atoms with Crippen LogP contribution >= 0.6 is 0 Å². The van der Waals surface area contributed by atoms with Crippen molar-refractivity contribution in [3.8, 4) is 11.5 Å². The van der Waals surface area contributed by atoms with E-state index in [4.69, 9.17) is 44.9 Å². The number of hydrogen-bond acceptors (Lipinski definition) is 14. The summed E-state index contributed by atoms with van der Waals surface area (Å²) >= 11 is 0. The van der Waals surface area contributed by atoms with Crippen molar-refractivity contribution in [2.45, 2.75) is 126 Å². The van der Waals surface area contributed by atoms with Crippen molar-refractivity contribution in [2.75, 3.05) is 26.7 Å². The number of ether oxygens (including phenoxy) is 1. The molecule has 3 aromatic carbocycles. The largest absolute Gasteiger partial charge is 0.508 e. The van der Waals surface area contributed by atoms with Crippen LogP contribution in [0.15, 0.2) is 88.8 Å². The van der Waals surface area contributed by atoms with E-state index >= 15 is 0 Å². The van der Waals surface area contributed by atoms with Gasteiger partial charge in [-0.15, -0.1) is 0 Å². The Labute approximate surface area is 473 Å². The van der Waals surface area contributed by atoms with E-state index in [2.05, 4.69) is 41.9 Å². The number of likely N-dealkylation sites (tertiary alicyclic amines) is 1. The second kappa shape index (κ2) is 33.2. The number of aromatic hydroxyl groups is 1. The summed E-state index contributed by atoms with van der Waals surface area (Å²) in [5.41, 5.74) is 40.4. The average Bonchev–Trinajstić information content (AvgIpc) is 4.05. The van der Waals surface area contributed by atoms with Crippen molar-refractivity contribution < 1.29 is 57.8 Å². The Bertz CT molecular complexity index is 2740. The van der Waals surface area contributed by atoms with Gasteiger partial charge in [-0.2, -0.15) is 0 Å². The number of hydrogen-bond donors (Lipinski definition) is 14. The number of aliphatic imine (C=N–C) groups is 2. The Kier molecular flexibility index (Phi) is 26.3. The molecule has 0 aromatic heterocycles. The summed E-state index contributed by atoms with van der Waals surface area (Å²) in [5.74, 6) is -8.50. The minimum absolute atomic E-state index is 0.000494. The van der Waals surface area contributed by atoms with Crippen LogP contribution < -0.4 is 76.8 Å². The molecule has 444 valence electrons. The Balaban J connectivity index is 1.60. The number of nitrogens with one attached hydrogen (secondary N) is 6. The monoisotopic (exact) mass is 1140 g/mol. The van der Waals surface area contributed by atoms with Crippen molar-refractivity contribution in [1.82, 2.24) is 36.8 Å². The van der Waals surface area contributed by atoms with Crippen molar-refractivity contribution in [1.29, 1.82) is 0 Å². The second-order valence-corrected chi connectivity index (χ2v) is 19.5. The molecule has 3 aromatic rings. The smallest absolute Gasteiger partial charge is 0.245 e. The minimum atomic E-state index is -1.81. The Hall–Kier alpha value is -9.50. The molecule has 0 aliphatic carbocycles. The molecule has 7 atom stereocenters. The first-order valence-corrected chi connectivity index (χ1v) is 26.6. The van der Waals surface area contributed by atoms with Crippen LogP contribution in [0.25, 0.3) is 0 Å². The lowest BCUT2D eigenvalue weighted by Gasteiger charge is -2.30. The van der Waals surface area contributed by atoms with E-state index in [1.807, 2.05) is 0 Å². The van der Waals surface area contributed by atoms with Crippen LogP contribution in [-0.4, -0.2) is 150 Å². The first-order chi connectivity index (χ1) is 39.0. The highest BCUT2D eigenvalue weighted by molar-refractivity contribution is 5.99. The highest BCUT2D eigenvalue weighted by Gasteiger charge is 2.40. The summed E-state index contributed by atoms with van der Waals surface area (Å²) in [6.45, 7) is 0.201. The quantitative estimate of drug-likeness (QED) is 0.0156. The lowest BCUT2D eigenvalue weighted by atomic mass is 10.0. The number of carbonyl (C=O) groups excluding carboxylic acids is 10.